The Bertz CT molecular complexity index is 519. The molecule has 1 fully saturated rings. The van der Waals surface area contributed by atoms with Gasteiger partial charge >= 0.3 is 0 Å². The van der Waals surface area contributed by atoms with Crippen LogP contribution < -0.4 is 4.72 Å². The fourth-order valence-electron chi connectivity index (χ4n) is 2.45. The second-order valence-electron chi connectivity index (χ2n) is 5.45. The molecule has 0 spiro atoms. The number of aryl methyl sites for hydroxylation is 1. The van der Waals surface area contributed by atoms with Gasteiger partial charge in [-0.05, 0) is 59.7 Å². The molecule has 1 heterocycles. The highest BCUT2D eigenvalue weighted by Gasteiger charge is 2.24. The minimum Gasteiger partial charge on any atom is -0.207 e. The second kappa shape index (κ2) is 6.24. The predicted octanol–water partition coefficient (Wildman–Crippen LogP) is 4.07. The molecule has 19 heavy (non-hydrogen) atoms. The zero-order valence-corrected chi connectivity index (χ0v) is 14.5. The molecule has 1 aromatic rings. The van der Waals surface area contributed by atoms with Gasteiger partial charge in [-0.25, -0.2) is 13.1 Å². The number of sulfonamides is 1. The van der Waals surface area contributed by atoms with Gasteiger partial charge in [-0.3, -0.25) is 0 Å². The summed E-state index contributed by atoms with van der Waals surface area (Å²) in [6, 6.07) is 1.83. The maximum absolute atomic E-state index is 12.3. The molecule has 1 saturated carbocycles. The van der Waals surface area contributed by atoms with Crippen molar-refractivity contribution < 1.29 is 8.42 Å². The van der Waals surface area contributed by atoms with E-state index in [0.717, 1.165) is 35.0 Å². The van der Waals surface area contributed by atoms with Crippen LogP contribution in [0.25, 0.3) is 0 Å². The summed E-state index contributed by atoms with van der Waals surface area (Å²) in [4.78, 5) is 0. The van der Waals surface area contributed by atoms with E-state index in [4.69, 9.17) is 0 Å². The molecule has 0 amide bonds. The molecule has 108 valence electrons. The van der Waals surface area contributed by atoms with E-state index in [9.17, 15) is 8.42 Å². The van der Waals surface area contributed by atoms with E-state index in [1.165, 1.54) is 17.8 Å². The van der Waals surface area contributed by atoms with Gasteiger partial charge < -0.3 is 0 Å². The van der Waals surface area contributed by atoms with E-state index >= 15 is 0 Å². The minimum absolute atomic E-state index is 0.0936. The fourth-order valence-corrected chi connectivity index (χ4v) is 5.99. The molecule has 3 nitrogen and oxygen atoms in total. The van der Waals surface area contributed by atoms with Crippen molar-refractivity contribution in [3.05, 3.63) is 15.4 Å². The van der Waals surface area contributed by atoms with Crippen LogP contribution in [0.1, 0.15) is 44.6 Å². The Labute approximate surface area is 128 Å². The average molecular weight is 366 g/mol. The lowest BCUT2D eigenvalue weighted by Crippen LogP contribution is -2.34. The fraction of sp³-hybridized carbons (Fsp3) is 0.692. The number of rotatable bonds is 3. The molecule has 0 radical (unpaired) electrons. The Kier molecular flexibility index (Phi) is 5.09. The Hall–Kier alpha value is 0.0900. The number of hydrogen-bond acceptors (Lipinski definition) is 3. The molecule has 0 aromatic carbocycles. The zero-order valence-electron chi connectivity index (χ0n) is 11.3. The molecule has 1 N–H and O–H groups in total. The van der Waals surface area contributed by atoms with Gasteiger partial charge in [-0.1, -0.05) is 19.8 Å². The van der Waals surface area contributed by atoms with E-state index in [1.54, 1.807) is 6.07 Å². The minimum atomic E-state index is -3.36. The Morgan fingerprint density at radius 1 is 1.32 bits per heavy atom. The van der Waals surface area contributed by atoms with Crippen molar-refractivity contribution in [3.63, 3.8) is 0 Å². The molecular formula is C13H20BrNO2S2. The number of hydrogen-bond donors (Lipinski definition) is 1. The van der Waals surface area contributed by atoms with Gasteiger partial charge in [0.2, 0.25) is 10.0 Å². The Morgan fingerprint density at radius 2 is 2.05 bits per heavy atom. The van der Waals surface area contributed by atoms with Crippen LogP contribution in [0.3, 0.4) is 0 Å². The predicted molar refractivity (Wildman–Crippen MR) is 83.1 cm³/mol. The molecule has 0 saturated heterocycles. The van der Waals surface area contributed by atoms with Gasteiger partial charge in [0.15, 0.2) is 0 Å². The van der Waals surface area contributed by atoms with Crippen LogP contribution in [-0.4, -0.2) is 14.5 Å². The van der Waals surface area contributed by atoms with Crippen molar-refractivity contribution in [2.24, 2.45) is 5.92 Å². The van der Waals surface area contributed by atoms with Crippen LogP contribution in [0, 0.1) is 12.8 Å². The van der Waals surface area contributed by atoms with Gasteiger partial charge in [0.1, 0.15) is 4.21 Å². The number of thiophene rings is 1. The Morgan fingerprint density at radius 3 is 2.68 bits per heavy atom. The zero-order chi connectivity index (χ0) is 14.0. The van der Waals surface area contributed by atoms with Crippen molar-refractivity contribution >= 4 is 37.3 Å². The first-order valence-corrected chi connectivity index (χ1v) is 9.76. The summed E-state index contributed by atoms with van der Waals surface area (Å²) in [5.74, 6) is 0.715. The number of halogens is 1. The van der Waals surface area contributed by atoms with Crippen molar-refractivity contribution in [1.82, 2.24) is 4.72 Å². The normalized spacial score (nSPS) is 25.2. The average Bonchev–Trinajstić information content (AvgIpc) is 2.55. The molecular weight excluding hydrogens is 346 g/mol. The molecule has 6 heteroatoms. The second-order valence-corrected chi connectivity index (χ2v) is 9.76. The monoisotopic (exact) mass is 365 g/mol. The lowest BCUT2D eigenvalue weighted by molar-refractivity contribution is 0.485. The summed E-state index contributed by atoms with van der Waals surface area (Å²) >= 11 is 4.66. The summed E-state index contributed by atoms with van der Waals surface area (Å²) in [5.41, 5.74) is 0.972. The smallest absolute Gasteiger partial charge is 0.207 e. The van der Waals surface area contributed by atoms with Gasteiger partial charge in [0, 0.05) is 6.04 Å². The first-order chi connectivity index (χ1) is 8.88. The van der Waals surface area contributed by atoms with Crippen molar-refractivity contribution in [3.8, 4) is 0 Å². The van der Waals surface area contributed by atoms with E-state index in [1.807, 2.05) is 6.92 Å². The van der Waals surface area contributed by atoms with Gasteiger partial charge in [0.05, 0.1) is 3.79 Å². The van der Waals surface area contributed by atoms with Crippen molar-refractivity contribution in [1.29, 1.82) is 0 Å². The molecule has 1 aromatic heterocycles. The molecule has 0 bridgehead atoms. The van der Waals surface area contributed by atoms with E-state index < -0.39 is 10.0 Å². The highest BCUT2D eigenvalue weighted by Crippen LogP contribution is 2.31. The summed E-state index contributed by atoms with van der Waals surface area (Å²) in [6.07, 6.45) is 5.34. The highest BCUT2D eigenvalue weighted by molar-refractivity contribution is 9.11. The van der Waals surface area contributed by atoms with Gasteiger partial charge in [-0.15, -0.1) is 11.3 Å². The largest absolute Gasteiger partial charge is 0.250 e. The summed E-state index contributed by atoms with van der Waals surface area (Å²) in [7, 11) is -3.36. The summed E-state index contributed by atoms with van der Waals surface area (Å²) in [6.45, 7) is 4.16. The molecule has 1 aliphatic carbocycles. The maximum atomic E-state index is 12.3. The standard InChI is InChI=1S/C13H20BrNO2S2/c1-9-4-3-5-11(7-6-9)15-19(16,17)12-8-10(2)13(14)18-12/h8-9,11,15H,3-7H2,1-2H3. The maximum Gasteiger partial charge on any atom is 0.250 e. The van der Waals surface area contributed by atoms with E-state index in [2.05, 4.69) is 27.6 Å². The summed E-state index contributed by atoms with van der Waals surface area (Å²) in [5, 5.41) is 0. The van der Waals surface area contributed by atoms with Crippen molar-refractivity contribution in [2.45, 2.75) is 56.2 Å². The molecule has 2 atom stereocenters. The summed E-state index contributed by atoms with van der Waals surface area (Å²) < 4.78 is 28.9. The SMILES string of the molecule is Cc1cc(S(=O)(=O)NC2CCCC(C)CC2)sc1Br. The van der Waals surface area contributed by atoms with Crippen LogP contribution in [0.15, 0.2) is 14.1 Å². The van der Waals surface area contributed by atoms with Crippen LogP contribution in [0.5, 0.6) is 0 Å². The quantitative estimate of drug-likeness (QED) is 0.820. The third-order valence-corrected chi connectivity index (χ3v) is 7.81. The molecule has 2 unspecified atom stereocenters. The van der Waals surface area contributed by atoms with Crippen LogP contribution in [-0.2, 0) is 10.0 Å². The van der Waals surface area contributed by atoms with E-state index in [0.29, 0.717) is 10.1 Å². The van der Waals surface area contributed by atoms with Gasteiger partial charge in [-0.2, -0.15) is 0 Å². The van der Waals surface area contributed by atoms with Crippen LogP contribution in [0.2, 0.25) is 0 Å². The van der Waals surface area contributed by atoms with E-state index in [-0.39, 0.29) is 6.04 Å². The van der Waals surface area contributed by atoms with Crippen molar-refractivity contribution in [2.75, 3.05) is 0 Å². The third-order valence-electron chi connectivity index (χ3n) is 3.68. The molecule has 2 rings (SSSR count). The highest BCUT2D eigenvalue weighted by atomic mass is 79.9. The molecule has 1 aliphatic rings. The lowest BCUT2D eigenvalue weighted by atomic mass is 10.0. The van der Waals surface area contributed by atoms with Crippen LogP contribution in [0.4, 0.5) is 0 Å². The van der Waals surface area contributed by atoms with Crippen LogP contribution >= 0.6 is 27.3 Å². The first-order valence-electron chi connectivity index (χ1n) is 6.67. The third kappa shape index (κ3) is 4.03. The Balaban J connectivity index is 2.08. The van der Waals surface area contributed by atoms with Gasteiger partial charge in [0.25, 0.3) is 0 Å². The topological polar surface area (TPSA) is 46.2 Å². The lowest BCUT2D eigenvalue weighted by Gasteiger charge is -2.15. The molecule has 0 aliphatic heterocycles. The first kappa shape index (κ1) is 15.5. The number of nitrogens with one attached hydrogen (secondary N) is 1.